The van der Waals surface area contributed by atoms with Crippen LogP contribution in [0.3, 0.4) is 0 Å². The van der Waals surface area contributed by atoms with E-state index < -0.39 is 5.92 Å². The average molecular weight is 287 g/mol. The molecule has 21 heavy (non-hydrogen) atoms. The summed E-state index contributed by atoms with van der Waals surface area (Å²) in [5.74, 6) is -1.20. The fourth-order valence-corrected chi connectivity index (χ4v) is 2.10. The van der Waals surface area contributed by atoms with E-state index in [0.717, 1.165) is 5.56 Å². The summed E-state index contributed by atoms with van der Waals surface area (Å²) in [6.07, 6.45) is 0.583. The highest BCUT2D eigenvalue weighted by molar-refractivity contribution is 5.95. The van der Waals surface area contributed by atoms with E-state index in [-0.39, 0.29) is 18.3 Å². The number of aliphatic hydroxyl groups is 1. The van der Waals surface area contributed by atoms with Gasteiger partial charge in [0.05, 0.1) is 5.92 Å². The first-order chi connectivity index (χ1) is 10.1. The second kappa shape index (κ2) is 6.99. The van der Waals surface area contributed by atoms with Crippen LogP contribution in [0.25, 0.3) is 0 Å². The Kier molecular flexibility index (Phi) is 5.06. The largest absolute Gasteiger partial charge is 0.396 e. The number of carbonyl (C=O) groups is 1. The first kappa shape index (κ1) is 15.2. The Labute approximate surface area is 123 Å². The minimum absolute atomic E-state index is 0.0933. The van der Waals surface area contributed by atoms with Crippen molar-refractivity contribution < 1.29 is 14.3 Å². The minimum atomic E-state index is -0.566. The van der Waals surface area contributed by atoms with E-state index in [4.69, 9.17) is 5.11 Å². The van der Waals surface area contributed by atoms with Crippen molar-refractivity contribution in [3.05, 3.63) is 65.5 Å². The van der Waals surface area contributed by atoms with Gasteiger partial charge in [-0.3, -0.25) is 4.79 Å². The molecule has 1 atom stereocenters. The van der Waals surface area contributed by atoms with Gasteiger partial charge in [-0.1, -0.05) is 30.3 Å². The van der Waals surface area contributed by atoms with Gasteiger partial charge in [-0.2, -0.15) is 0 Å². The van der Waals surface area contributed by atoms with Crippen LogP contribution in [0.5, 0.6) is 0 Å². The summed E-state index contributed by atoms with van der Waals surface area (Å²) in [5.41, 5.74) is 2.04. The lowest BCUT2D eigenvalue weighted by Crippen LogP contribution is -2.19. The van der Waals surface area contributed by atoms with Crippen LogP contribution in [-0.4, -0.2) is 17.6 Å². The number of carbonyl (C=O) groups excluding carboxylic acids is 1. The molecule has 0 spiro atoms. The number of nitrogens with one attached hydrogen (secondary N) is 1. The summed E-state index contributed by atoms with van der Waals surface area (Å²) in [4.78, 5) is 12.2. The maximum Gasteiger partial charge on any atom is 0.231 e. The third kappa shape index (κ3) is 3.89. The highest BCUT2D eigenvalue weighted by Crippen LogP contribution is 2.21. The van der Waals surface area contributed by atoms with E-state index in [1.54, 1.807) is 37.3 Å². The van der Waals surface area contributed by atoms with Crippen LogP contribution in [0.2, 0.25) is 0 Å². The van der Waals surface area contributed by atoms with E-state index in [1.807, 2.05) is 12.1 Å². The van der Waals surface area contributed by atoms with Gasteiger partial charge in [-0.05, 0) is 42.7 Å². The molecule has 0 saturated carbocycles. The van der Waals surface area contributed by atoms with Gasteiger partial charge in [0.15, 0.2) is 0 Å². The van der Waals surface area contributed by atoms with Crippen LogP contribution >= 0.6 is 0 Å². The summed E-state index contributed by atoms with van der Waals surface area (Å²) in [7, 11) is 0. The molecule has 0 aromatic heterocycles. The van der Waals surface area contributed by atoms with Crippen molar-refractivity contribution in [3.8, 4) is 0 Å². The van der Waals surface area contributed by atoms with Crippen molar-refractivity contribution in [3.63, 3.8) is 0 Å². The van der Waals surface area contributed by atoms with Gasteiger partial charge in [-0.15, -0.1) is 0 Å². The van der Waals surface area contributed by atoms with Crippen molar-refractivity contribution >= 4 is 11.6 Å². The molecule has 0 bridgehead atoms. The molecule has 2 rings (SSSR count). The SMILES string of the molecule is CC(C(=O)Nc1ccc(CCO)cc1)c1ccccc1F. The molecule has 0 aliphatic rings. The molecule has 0 heterocycles. The van der Waals surface area contributed by atoms with Crippen LogP contribution in [0.4, 0.5) is 10.1 Å². The maximum atomic E-state index is 13.7. The standard InChI is InChI=1S/C17H18FNO2/c1-12(15-4-2-3-5-16(15)18)17(21)19-14-8-6-13(7-9-14)10-11-20/h2-9,12,20H,10-11H2,1H3,(H,19,21). The second-order valence-corrected chi connectivity index (χ2v) is 4.90. The molecular formula is C17H18FNO2. The zero-order valence-electron chi connectivity index (χ0n) is 11.8. The zero-order valence-corrected chi connectivity index (χ0v) is 11.8. The Bertz CT molecular complexity index is 610. The molecule has 3 nitrogen and oxygen atoms in total. The average Bonchev–Trinajstić information content (AvgIpc) is 2.49. The lowest BCUT2D eigenvalue weighted by molar-refractivity contribution is -0.117. The molecule has 2 aromatic carbocycles. The van der Waals surface area contributed by atoms with Crippen LogP contribution in [0.1, 0.15) is 24.0 Å². The molecule has 1 unspecified atom stereocenters. The molecule has 0 aliphatic heterocycles. The highest BCUT2D eigenvalue weighted by atomic mass is 19.1. The smallest absolute Gasteiger partial charge is 0.231 e. The monoisotopic (exact) mass is 287 g/mol. The third-order valence-electron chi connectivity index (χ3n) is 3.39. The quantitative estimate of drug-likeness (QED) is 0.887. The molecule has 1 amide bonds. The zero-order chi connectivity index (χ0) is 15.2. The fraction of sp³-hybridized carbons (Fsp3) is 0.235. The number of halogens is 1. The first-order valence-corrected chi connectivity index (χ1v) is 6.87. The van der Waals surface area contributed by atoms with Crippen molar-refractivity contribution in [2.75, 3.05) is 11.9 Å². The van der Waals surface area contributed by atoms with Gasteiger partial charge in [0.1, 0.15) is 5.82 Å². The van der Waals surface area contributed by atoms with Crippen molar-refractivity contribution in [2.45, 2.75) is 19.3 Å². The van der Waals surface area contributed by atoms with Crippen molar-refractivity contribution in [1.82, 2.24) is 0 Å². The Hall–Kier alpha value is -2.20. The van der Waals surface area contributed by atoms with E-state index in [0.29, 0.717) is 17.7 Å². The fourth-order valence-electron chi connectivity index (χ4n) is 2.10. The number of amides is 1. The van der Waals surface area contributed by atoms with Gasteiger partial charge in [0, 0.05) is 12.3 Å². The predicted octanol–water partition coefficient (Wildman–Crippen LogP) is 3.10. The summed E-state index contributed by atoms with van der Waals surface area (Å²) in [6.45, 7) is 1.77. The van der Waals surface area contributed by atoms with E-state index >= 15 is 0 Å². The Morgan fingerprint density at radius 2 is 1.86 bits per heavy atom. The van der Waals surface area contributed by atoms with Crippen LogP contribution in [0, 0.1) is 5.82 Å². The van der Waals surface area contributed by atoms with Crippen LogP contribution in [-0.2, 0) is 11.2 Å². The van der Waals surface area contributed by atoms with Gasteiger partial charge in [-0.25, -0.2) is 4.39 Å². The number of hydrogen-bond acceptors (Lipinski definition) is 2. The normalized spacial score (nSPS) is 12.0. The molecule has 4 heteroatoms. The van der Waals surface area contributed by atoms with Crippen molar-refractivity contribution in [2.24, 2.45) is 0 Å². The third-order valence-corrected chi connectivity index (χ3v) is 3.39. The summed E-state index contributed by atoms with van der Waals surface area (Å²) in [6, 6.07) is 13.5. The molecule has 0 saturated heterocycles. The Morgan fingerprint density at radius 3 is 2.48 bits per heavy atom. The van der Waals surface area contributed by atoms with Gasteiger partial charge in [0.2, 0.25) is 5.91 Å². The first-order valence-electron chi connectivity index (χ1n) is 6.87. The number of benzene rings is 2. The molecule has 110 valence electrons. The van der Waals surface area contributed by atoms with Gasteiger partial charge in [0.25, 0.3) is 0 Å². The van der Waals surface area contributed by atoms with E-state index in [2.05, 4.69) is 5.32 Å². The molecular weight excluding hydrogens is 269 g/mol. The Balaban J connectivity index is 2.05. The number of aliphatic hydroxyl groups excluding tert-OH is 1. The van der Waals surface area contributed by atoms with Gasteiger partial charge >= 0.3 is 0 Å². The topological polar surface area (TPSA) is 49.3 Å². The number of anilines is 1. The number of rotatable bonds is 5. The predicted molar refractivity (Wildman–Crippen MR) is 80.7 cm³/mol. The van der Waals surface area contributed by atoms with E-state index in [1.165, 1.54) is 6.07 Å². The summed E-state index contributed by atoms with van der Waals surface area (Å²) < 4.78 is 13.7. The summed E-state index contributed by atoms with van der Waals surface area (Å²) in [5, 5.41) is 11.6. The molecule has 0 radical (unpaired) electrons. The number of hydrogen-bond donors (Lipinski definition) is 2. The molecule has 0 fully saturated rings. The van der Waals surface area contributed by atoms with Gasteiger partial charge < -0.3 is 10.4 Å². The minimum Gasteiger partial charge on any atom is -0.396 e. The molecule has 2 aromatic rings. The molecule has 0 aliphatic carbocycles. The maximum absolute atomic E-state index is 13.7. The molecule has 2 N–H and O–H groups in total. The van der Waals surface area contributed by atoms with Crippen LogP contribution in [0.15, 0.2) is 48.5 Å². The highest BCUT2D eigenvalue weighted by Gasteiger charge is 2.18. The Morgan fingerprint density at radius 1 is 1.19 bits per heavy atom. The van der Waals surface area contributed by atoms with Crippen LogP contribution < -0.4 is 5.32 Å². The second-order valence-electron chi connectivity index (χ2n) is 4.90. The van der Waals surface area contributed by atoms with E-state index in [9.17, 15) is 9.18 Å². The summed E-state index contributed by atoms with van der Waals surface area (Å²) >= 11 is 0. The lowest BCUT2D eigenvalue weighted by atomic mass is 9.99. The van der Waals surface area contributed by atoms with Crippen molar-refractivity contribution in [1.29, 1.82) is 0 Å². The lowest BCUT2D eigenvalue weighted by Gasteiger charge is -2.13.